The van der Waals surface area contributed by atoms with Gasteiger partial charge in [0.1, 0.15) is 11.2 Å². The Morgan fingerprint density at radius 3 is 2.41 bits per heavy atom. The van der Waals surface area contributed by atoms with E-state index in [1.807, 2.05) is 49.4 Å². The van der Waals surface area contributed by atoms with E-state index in [2.05, 4.69) is 52.0 Å². The molecule has 4 heteroatoms. The molecule has 0 aliphatic heterocycles. The van der Waals surface area contributed by atoms with Gasteiger partial charge in [-0.05, 0) is 43.3 Å². The Labute approximate surface area is 167 Å². The number of imidazole rings is 1. The van der Waals surface area contributed by atoms with Gasteiger partial charge in [0.2, 0.25) is 0 Å². The number of fused-ring (bicyclic) bond motifs is 4. The molecular formula is C25H17N3O. The fourth-order valence-electron chi connectivity index (χ4n) is 4.00. The fourth-order valence-corrected chi connectivity index (χ4v) is 4.00. The van der Waals surface area contributed by atoms with Crippen molar-refractivity contribution >= 4 is 33.1 Å². The van der Waals surface area contributed by atoms with Crippen molar-refractivity contribution < 1.29 is 4.42 Å². The van der Waals surface area contributed by atoms with Crippen LogP contribution in [0.4, 0.5) is 0 Å². The molecule has 0 spiro atoms. The number of rotatable bonds is 2. The zero-order valence-electron chi connectivity index (χ0n) is 15.8. The van der Waals surface area contributed by atoms with E-state index >= 15 is 0 Å². The summed E-state index contributed by atoms with van der Waals surface area (Å²) in [4.78, 5) is 9.60. The summed E-state index contributed by atoms with van der Waals surface area (Å²) in [6.45, 7) is 1.99. The second-order valence-corrected chi connectivity index (χ2v) is 7.18. The molecular weight excluding hydrogens is 358 g/mol. The molecule has 4 nitrogen and oxygen atoms in total. The van der Waals surface area contributed by atoms with Crippen LogP contribution in [0.25, 0.3) is 50.2 Å². The van der Waals surface area contributed by atoms with Crippen molar-refractivity contribution in [3.63, 3.8) is 0 Å². The number of hydrogen-bond donors (Lipinski definition) is 0. The van der Waals surface area contributed by atoms with Crippen LogP contribution in [0.5, 0.6) is 0 Å². The quantitative estimate of drug-likeness (QED) is 0.357. The Kier molecular flexibility index (Phi) is 3.35. The first kappa shape index (κ1) is 16.1. The summed E-state index contributed by atoms with van der Waals surface area (Å²) in [5, 5.41) is 2.20. The monoisotopic (exact) mass is 375 g/mol. The number of aromatic nitrogens is 3. The Morgan fingerprint density at radius 1 is 0.724 bits per heavy atom. The van der Waals surface area contributed by atoms with Gasteiger partial charge in [-0.25, -0.2) is 9.97 Å². The third kappa shape index (κ3) is 2.39. The number of hydrogen-bond acceptors (Lipinski definition) is 3. The molecule has 0 fully saturated rings. The summed E-state index contributed by atoms with van der Waals surface area (Å²) < 4.78 is 8.43. The summed E-state index contributed by atoms with van der Waals surface area (Å²) in [7, 11) is 0. The van der Waals surface area contributed by atoms with Gasteiger partial charge in [0.15, 0.2) is 11.5 Å². The summed E-state index contributed by atoms with van der Waals surface area (Å²) in [6.07, 6.45) is 0. The maximum Gasteiger partial charge on any atom is 0.178 e. The smallest absolute Gasteiger partial charge is 0.178 e. The van der Waals surface area contributed by atoms with Crippen LogP contribution in [0, 0.1) is 6.92 Å². The molecule has 3 aromatic heterocycles. The molecule has 0 N–H and O–H groups in total. The molecule has 3 heterocycles. The Morgan fingerprint density at radius 2 is 1.52 bits per heavy atom. The van der Waals surface area contributed by atoms with E-state index in [1.54, 1.807) is 0 Å². The van der Waals surface area contributed by atoms with Gasteiger partial charge in [0.05, 0.1) is 11.1 Å². The maximum atomic E-state index is 6.27. The number of benzene rings is 3. The average Bonchev–Trinajstić information content (AvgIpc) is 3.32. The van der Waals surface area contributed by atoms with Crippen molar-refractivity contribution in [2.75, 3.05) is 0 Å². The van der Waals surface area contributed by atoms with Crippen molar-refractivity contribution in [3.8, 4) is 17.1 Å². The standard InChI is InChI=1S/C25H17N3O/c1-16-14-15-21-24(26-16)27-25(28(21)17-8-3-2-4-9-17)20-12-7-11-19-18-10-5-6-13-22(18)29-23(19)20/h2-15H,1H3. The molecule has 138 valence electrons. The molecule has 0 bridgehead atoms. The molecule has 0 unspecified atom stereocenters. The molecule has 0 saturated heterocycles. The van der Waals surface area contributed by atoms with Crippen LogP contribution in [0.2, 0.25) is 0 Å². The van der Waals surface area contributed by atoms with Gasteiger partial charge in [-0.15, -0.1) is 0 Å². The Hall–Kier alpha value is -3.92. The van der Waals surface area contributed by atoms with Crippen LogP contribution >= 0.6 is 0 Å². The Bertz CT molecular complexity index is 1510. The second-order valence-electron chi connectivity index (χ2n) is 7.18. The Balaban J connectivity index is 1.74. The van der Waals surface area contributed by atoms with Gasteiger partial charge in [-0.3, -0.25) is 4.57 Å². The van der Waals surface area contributed by atoms with E-state index < -0.39 is 0 Å². The normalized spacial score (nSPS) is 11.6. The summed E-state index contributed by atoms with van der Waals surface area (Å²) in [5.74, 6) is 0.828. The third-order valence-corrected chi connectivity index (χ3v) is 5.32. The molecule has 3 aromatic carbocycles. The average molecular weight is 375 g/mol. The lowest BCUT2D eigenvalue weighted by Crippen LogP contribution is -1.97. The number of para-hydroxylation sites is 3. The van der Waals surface area contributed by atoms with Crippen molar-refractivity contribution in [3.05, 3.63) is 90.6 Å². The highest BCUT2D eigenvalue weighted by molar-refractivity contribution is 6.09. The van der Waals surface area contributed by atoms with Gasteiger partial charge >= 0.3 is 0 Å². The zero-order chi connectivity index (χ0) is 19.4. The highest BCUT2D eigenvalue weighted by Gasteiger charge is 2.19. The lowest BCUT2D eigenvalue weighted by molar-refractivity contribution is 0.669. The molecule has 0 aliphatic carbocycles. The van der Waals surface area contributed by atoms with E-state index in [9.17, 15) is 0 Å². The predicted octanol–water partition coefficient (Wildman–Crippen LogP) is 6.30. The number of furan rings is 1. The van der Waals surface area contributed by atoms with Crippen molar-refractivity contribution in [2.24, 2.45) is 0 Å². The van der Waals surface area contributed by atoms with Crippen molar-refractivity contribution in [1.29, 1.82) is 0 Å². The van der Waals surface area contributed by atoms with Gasteiger partial charge in [0, 0.05) is 22.2 Å². The van der Waals surface area contributed by atoms with E-state index in [0.717, 1.165) is 55.9 Å². The van der Waals surface area contributed by atoms with Crippen LogP contribution in [-0.2, 0) is 0 Å². The minimum Gasteiger partial charge on any atom is -0.455 e. The first-order valence-electron chi connectivity index (χ1n) is 9.62. The second kappa shape index (κ2) is 6.04. The van der Waals surface area contributed by atoms with Gasteiger partial charge < -0.3 is 4.42 Å². The van der Waals surface area contributed by atoms with Gasteiger partial charge in [-0.1, -0.05) is 48.5 Å². The van der Waals surface area contributed by atoms with E-state index in [1.165, 1.54) is 0 Å². The fraction of sp³-hybridized carbons (Fsp3) is 0.0400. The summed E-state index contributed by atoms with van der Waals surface area (Å²) in [5.41, 5.74) is 6.39. The minimum atomic E-state index is 0.733. The van der Waals surface area contributed by atoms with Crippen molar-refractivity contribution in [2.45, 2.75) is 6.92 Å². The first-order chi connectivity index (χ1) is 14.3. The lowest BCUT2D eigenvalue weighted by atomic mass is 10.1. The molecule has 0 amide bonds. The zero-order valence-corrected chi connectivity index (χ0v) is 15.8. The van der Waals surface area contributed by atoms with Crippen LogP contribution in [0.3, 0.4) is 0 Å². The maximum absolute atomic E-state index is 6.27. The van der Waals surface area contributed by atoms with E-state index in [0.29, 0.717) is 0 Å². The largest absolute Gasteiger partial charge is 0.455 e. The molecule has 0 radical (unpaired) electrons. The molecule has 0 atom stereocenters. The molecule has 0 aliphatic rings. The van der Waals surface area contributed by atoms with Crippen LogP contribution < -0.4 is 0 Å². The van der Waals surface area contributed by atoms with Gasteiger partial charge in [-0.2, -0.15) is 0 Å². The number of pyridine rings is 1. The summed E-state index contributed by atoms with van der Waals surface area (Å²) in [6, 6.07) is 28.7. The highest BCUT2D eigenvalue weighted by atomic mass is 16.3. The minimum absolute atomic E-state index is 0.733. The topological polar surface area (TPSA) is 43.9 Å². The number of nitrogens with zero attached hydrogens (tertiary/aromatic N) is 3. The van der Waals surface area contributed by atoms with E-state index in [-0.39, 0.29) is 0 Å². The van der Waals surface area contributed by atoms with E-state index in [4.69, 9.17) is 9.40 Å². The van der Waals surface area contributed by atoms with Crippen molar-refractivity contribution in [1.82, 2.24) is 14.5 Å². The molecule has 29 heavy (non-hydrogen) atoms. The highest BCUT2D eigenvalue weighted by Crippen LogP contribution is 2.37. The molecule has 6 aromatic rings. The molecule has 6 rings (SSSR count). The number of aryl methyl sites for hydroxylation is 1. The van der Waals surface area contributed by atoms with Crippen LogP contribution in [-0.4, -0.2) is 14.5 Å². The third-order valence-electron chi connectivity index (χ3n) is 5.32. The molecule has 0 saturated carbocycles. The lowest BCUT2D eigenvalue weighted by Gasteiger charge is -2.09. The van der Waals surface area contributed by atoms with Crippen LogP contribution in [0.15, 0.2) is 89.3 Å². The first-order valence-corrected chi connectivity index (χ1v) is 9.62. The van der Waals surface area contributed by atoms with Crippen LogP contribution in [0.1, 0.15) is 5.69 Å². The summed E-state index contributed by atoms with van der Waals surface area (Å²) >= 11 is 0. The SMILES string of the molecule is Cc1ccc2c(n1)nc(-c1cccc3c1oc1ccccc13)n2-c1ccccc1. The van der Waals surface area contributed by atoms with Gasteiger partial charge in [0.25, 0.3) is 0 Å². The predicted molar refractivity (Wildman–Crippen MR) is 116 cm³/mol.